The summed E-state index contributed by atoms with van der Waals surface area (Å²) >= 11 is 0. The summed E-state index contributed by atoms with van der Waals surface area (Å²) in [5.41, 5.74) is 11.0. The highest BCUT2D eigenvalue weighted by molar-refractivity contribution is 5.92. The lowest BCUT2D eigenvalue weighted by Gasteiger charge is -2.36. The molecule has 2 heterocycles. The minimum Gasteiger partial charge on any atom is -0.480 e. The third-order valence-corrected chi connectivity index (χ3v) is 5.02. The molecule has 3 amide bonds. The summed E-state index contributed by atoms with van der Waals surface area (Å²) in [4.78, 5) is 51.1. The van der Waals surface area contributed by atoms with Gasteiger partial charge >= 0.3 is 5.97 Å². The molecule has 2 fully saturated rings. The van der Waals surface area contributed by atoms with Gasteiger partial charge in [0.25, 0.3) is 0 Å². The van der Waals surface area contributed by atoms with Crippen LogP contribution < -0.4 is 16.8 Å². The second-order valence-electron chi connectivity index (χ2n) is 7.05. The average Bonchev–Trinajstić information content (AvgIpc) is 2.98. The number of fused-ring (bicyclic) bond motifs is 1. The first-order valence-corrected chi connectivity index (χ1v) is 8.78. The molecule has 6 N–H and O–H groups in total. The molecule has 2 saturated heterocycles. The topological polar surface area (TPSA) is 159 Å². The SMILES string of the molecule is CN1CC[C@H]2CC[C@@H](C(=O)N[C@@H](CCC(N)=O)C(=O)O)N2C(=O)[C@@H](N)C1. The maximum absolute atomic E-state index is 12.7. The number of carboxylic acids is 1. The Labute approximate surface area is 151 Å². The fraction of sp³-hybridized carbons (Fsp3) is 0.750. The van der Waals surface area contributed by atoms with Crippen LogP contribution in [0, 0.1) is 0 Å². The lowest BCUT2D eigenvalue weighted by atomic mass is 10.1. The number of hydrogen-bond acceptors (Lipinski definition) is 6. The number of rotatable bonds is 6. The molecule has 0 bridgehead atoms. The molecule has 146 valence electrons. The predicted octanol–water partition coefficient (Wildman–Crippen LogP) is -2.16. The largest absolute Gasteiger partial charge is 0.480 e. The number of nitrogens with zero attached hydrogens (tertiary/aromatic N) is 2. The van der Waals surface area contributed by atoms with Gasteiger partial charge in [-0.3, -0.25) is 14.4 Å². The van der Waals surface area contributed by atoms with Crippen molar-refractivity contribution in [2.75, 3.05) is 20.1 Å². The Balaban J connectivity index is 2.09. The summed E-state index contributed by atoms with van der Waals surface area (Å²) in [6, 6.07) is -2.77. The standard InChI is InChI=1S/C16H27N5O5/c1-20-7-6-9-2-4-12(21(9)15(24)10(17)8-20)14(23)19-11(16(25)26)3-5-13(18)22/h9-12H,2-8,17H2,1H3,(H2,18,22)(H,19,23)(H,25,26)/t9-,10+,11+,12+/m1/s1. The van der Waals surface area contributed by atoms with E-state index in [1.165, 1.54) is 4.90 Å². The Kier molecular flexibility index (Phi) is 6.54. The Morgan fingerprint density at radius 2 is 2.00 bits per heavy atom. The molecule has 26 heavy (non-hydrogen) atoms. The van der Waals surface area contributed by atoms with E-state index in [2.05, 4.69) is 5.32 Å². The van der Waals surface area contributed by atoms with Crippen LogP contribution in [0.15, 0.2) is 0 Å². The maximum atomic E-state index is 12.7. The minimum absolute atomic E-state index is 0.0825. The summed E-state index contributed by atoms with van der Waals surface area (Å²) < 4.78 is 0. The Bertz CT molecular complexity index is 583. The van der Waals surface area contributed by atoms with Crippen molar-refractivity contribution in [2.45, 2.75) is 56.3 Å². The zero-order valence-corrected chi connectivity index (χ0v) is 14.9. The molecule has 0 aromatic carbocycles. The van der Waals surface area contributed by atoms with E-state index in [-0.39, 0.29) is 24.8 Å². The highest BCUT2D eigenvalue weighted by Crippen LogP contribution is 2.29. The first-order valence-electron chi connectivity index (χ1n) is 8.78. The Morgan fingerprint density at radius 3 is 2.62 bits per heavy atom. The van der Waals surface area contributed by atoms with E-state index in [9.17, 15) is 24.3 Å². The second kappa shape index (κ2) is 8.45. The summed E-state index contributed by atoms with van der Waals surface area (Å²) in [7, 11) is 1.90. The van der Waals surface area contributed by atoms with Crippen LogP contribution in [0.25, 0.3) is 0 Å². The van der Waals surface area contributed by atoms with E-state index in [1.807, 2.05) is 11.9 Å². The van der Waals surface area contributed by atoms with E-state index in [1.54, 1.807) is 0 Å². The van der Waals surface area contributed by atoms with Crippen molar-refractivity contribution >= 4 is 23.7 Å². The number of nitrogens with two attached hydrogens (primary N) is 2. The van der Waals surface area contributed by atoms with Crippen LogP contribution >= 0.6 is 0 Å². The first kappa shape index (κ1) is 20.1. The van der Waals surface area contributed by atoms with Crippen molar-refractivity contribution in [3.8, 4) is 0 Å². The fourth-order valence-corrected chi connectivity index (χ4v) is 3.64. The molecule has 0 aromatic rings. The first-order chi connectivity index (χ1) is 12.2. The summed E-state index contributed by atoms with van der Waals surface area (Å²) in [6.45, 7) is 1.18. The number of amides is 3. The molecule has 2 aliphatic heterocycles. The molecule has 10 nitrogen and oxygen atoms in total. The molecular formula is C16H27N5O5. The molecule has 2 aliphatic rings. The van der Waals surface area contributed by atoms with Crippen molar-refractivity contribution < 1.29 is 24.3 Å². The number of hydrogen-bond donors (Lipinski definition) is 4. The lowest BCUT2D eigenvalue weighted by molar-refractivity contribution is -0.145. The van der Waals surface area contributed by atoms with Gasteiger partial charge in [-0.05, 0) is 39.3 Å². The van der Waals surface area contributed by atoms with Gasteiger partial charge in [-0.1, -0.05) is 0 Å². The normalized spacial score (nSPS) is 28.0. The molecule has 0 radical (unpaired) electrons. The van der Waals surface area contributed by atoms with Crippen LogP contribution in [-0.2, 0) is 19.2 Å². The molecule has 0 aromatic heterocycles. The van der Waals surface area contributed by atoms with Gasteiger partial charge in [-0.15, -0.1) is 0 Å². The average molecular weight is 369 g/mol. The van der Waals surface area contributed by atoms with Crippen LogP contribution in [0.3, 0.4) is 0 Å². The molecule has 0 unspecified atom stereocenters. The van der Waals surface area contributed by atoms with Crippen molar-refractivity contribution in [3.05, 3.63) is 0 Å². The third-order valence-electron chi connectivity index (χ3n) is 5.02. The van der Waals surface area contributed by atoms with Gasteiger partial charge in [0.15, 0.2) is 0 Å². The van der Waals surface area contributed by atoms with Crippen molar-refractivity contribution in [1.29, 1.82) is 0 Å². The molecule has 0 saturated carbocycles. The summed E-state index contributed by atoms with van der Waals surface area (Å²) in [5, 5.41) is 11.7. The highest BCUT2D eigenvalue weighted by atomic mass is 16.4. The van der Waals surface area contributed by atoms with Crippen molar-refractivity contribution in [1.82, 2.24) is 15.1 Å². The van der Waals surface area contributed by atoms with E-state index in [0.717, 1.165) is 13.0 Å². The van der Waals surface area contributed by atoms with Gasteiger partial charge in [0, 0.05) is 19.0 Å². The van der Waals surface area contributed by atoms with Crippen LogP contribution in [-0.4, -0.2) is 82.9 Å². The van der Waals surface area contributed by atoms with Gasteiger partial charge in [-0.2, -0.15) is 0 Å². The fourth-order valence-electron chi connectivity index (χ4n) is 3.64. The maximum Gasteiger partial charge on any atom is 0.326 e. The molecule has 0 aliphatic carbocycles. The zero-order chi connectivity index (χ0) is 19.4. The van der Waals surface area contributed by atoms with Gasteiger partial charge in [0.05, 0.1) is 6.04 Å². The van der Waals surface area contributed by atoms with Crippen LogP contribution in [0.4, 0.5) is 0 Å². The van der Waals surface area contributed by atoms with Crippen molar-refractivity contribution in [2.24, 2.45) is 11.5 Å². The number of primary amides is 1. The number of nitrogens with one attached hydrogen (secondary N) is 1. The van der Waals surface area contributed by atoms with Gasteiger partial charge in [0.1, 0.15) is 12.1 Å². The predicted molar refractivity (Wildman–Crippen MR) is 91.7 cm³/mol. The van der Waals surface area contributed by atoms with Gasteiger partial charge in [0.2, 0.25) is 17.7 Å². The van der Waals surface area contributed by atoms with Gasteiger partial charge in [-0.25, -0.2) is 4.79 Å². The van der Waals surface area contributed by atoms with E-state index in [0.29, 0.717) is 19.4 Å². The smallest absolute Gasteiger partial charge is 0.326 e. The van der Waals surface area contributed by atoms with E-state index in [4.69, 9.17) is 11.5 Å². The van der Waals surface area contributed by atoms with E-state index >= 15 is 0 Å². The van der Waals surface area contributed by atoms with E-state index < -0.39 is 35.9 Å². The number of carboxylic acid groups (broad SMARTS) is 1. The highest BCUT2D eigenvalue weighted by Gasteiger charge is 2.44. The van der Waals surface area contributed by atoms with Crippen LogP contribution in [0.1, 0.15) is 32.1 Å². The minimum atomic E-state index is -1.24. The monoisotopic (exact) mass is 369 g/mol. The molecule has 4 atom stereocenters. The third kappa shape index (κ3) is 4.70. The zero-order valence-electron chi connectivity index (χ0n) is 14.9. The molecule has 0 spiro atoms. The number of carbonyl (C=O) groups is 4. The quantitative estimate of drug-likeness (QED) is 0.415. The molecule has 2 rings (SSSR count). The number of carbonyl (C=O) groups excluding carboxylic acids is 3. The van der Waals surface area contributed by atoms with Crippen LogP contribution in [0.5, 0.6) is 0 Å². The Hall–Kier alpha value is -2.20. The Morgan fingerprint density at radius 1 is 1.31 bits per heavy atom. The second-order valence-corrected chi connectivity index (χ2v) is 7.05. The number of aliphatic carboxylic acids is 1. The summed E-state index contributed by atoms with van der Waals surface area (Å²) in [5.74, 6) is -2.70. The molecule has 10 heteroatoms. The molecular weight excluding hydrogens is 342 g/mol. The van der Waals surface area contributed by atoms with Crippen molar-refractivity contribution in [3.63, 3.8) is 0 Å². The lowest BCUT2D eigenvalue weighted by Crippen LogP contribution is -2.59. The van der Waals surface area contributed by atoms with Gasteiger partial charge < -0.3 is 31.7 Å². The summed E-state index contributed by atoms with van der Waals surface area (Å²) in [6.07, 6.45) is 1.63. The van der Waals surface area contributed by atoms with Crippen LogP contribution in [0.2, 0.25) is 0 Å². The number of likely N-dealkylation sites (N-methyl/N-ethyl adjacent to an activating group) is 1.